The van der Waals surface area contributed by atoms with Crippen LogP contribution in [-0.4, -0.2) is 18.7 Å². The van der Waals surface area contributed by atoms with Gasteiger partial charge in [0.15, 0.2) is 0 Å². The average Bonchev–Trinajstić information content (AvgIpc) is 2.23. The summed E-state index contributed by atoms with van der Waals surface area (Å²) in [6.45, 7) is 5.12. The van der Waals surface area contributed by atoms with Gasteiger partial charge in [0.05, 0.1) is 8.07 Å². The fourth-order valence-electron chi connectivity index (χ4n) is 2.30. The van der Waals surface area contributed by atoms with Crippen LogP contribution in [0.3, 0.4) is 0 Å². The predicted molar refractivity (Wildman–Crippen MR) is 73.3 cm³/mol. The van der Waals surface area contributed by atoms with Crippen LogP contribution in [0.2, 0.25) is 19.1 Å². The van der Waals surface area contributed by atoms with Crippen molar-refractivity contribution in [2.75, 3.05) is 5.75 Å². The molecule has 0 aliphatic carbocycles. The Balaban J connectivity index is 2.05. The van der Waals surface area contributed by atoms with Gasteiger partial charge in [-0.15, -0.1) is 0 Å². The number of hydrogen-bond acceptors (Lipinski definition) is 1. The molecule has 1 aromatic carbocycles. The molecule has 1 atom stereocenters. The Labute approximate surface area is 98.5 Å². The van der Waals surface area contributed by atoms with Crippen molar-refractivity contribution in [1.29, 1.82) is 0 Å². The maximum absolute atomic E-state index is 2.56. The van der Waals surface area contributed by atoms with Crippen molar-refractivity contribution in [3.05, 3.63) is 35.9 Å². The van der Waals surface area contributed by atoms with E-state index in [4.69, 9.17) is 0 Å². The largest absolute Gasteiger partial charge is 0.161 e. The van der Waals surface area contributed by atoms with Gasteiger partial charge in [0.25, 0.3) is 0 Å². The molecule has 1 aliphatic rings. The van der Waals surface area contributed by atoms with Crippen LogP contribution in [0.1, 0.15) is 12.0 Å². The SMILES string of the molecule is C[Si]1(C)CCCSC1Cc1ccccc1. The Morgan fingerprint density at radius 2 is 2.00 bits per heavy atom. The maximum atomic E-state index is 2.56. The molecular weight excluding hydrogens is 216 g/mol. The highest BCUT2D eigenvalue weighted by Crippen LogP contribution is 2.35. The monoisotopic (exact) mass is 236 g/mol. The molecule has 0 nitrogen and oxygen atoms in total. The Kier molecular flexibility index (Phi) is 3.57. The number of rotatable bonds is 2. The van der Waals surface area contributed by atoms with E-state index >= 15 is 0 Å². The van der Waals surface area contributed by atoms with Gasteiger partial charge in [0.2, 0.25) is 0 Å². The summed E-state index contributed by atoms with van der Waals surface area (Å²) in [4.78, 5) is 0.939. The van der Waals surface area contributed by atoms with Crippen molar-refractivity contribution in [3.8, 4) is 0 Å². The number of thioether (sulfide) groups is 1. The van der Waals surface area contributed by atoms with Gasteiger partial charge in [-0.2, -0.15) is 11.8 Å². The van der Waals surface area contributed by atoms with Crippen molar-refractivity contribution in [2.45, 2.75) is 36.9 Å². The second-order valence-electron chi connectivity index (χ2n) is 5.14. The standard InChI is InChI=1S/C13H20SSi/c1-15(2)10-6-9-14-13(15)11-12-7-4-3-5-8-12/h3-5,7-8,13H,6,9-11H2,1-2H3. The highest BCUT2D eigenvalue weighted by molar-refractivity contribution is 8.01. The quantitative estimate of drug-likeness (QED) is 0.700. The summed E-state index contributed by atoms with van der Waals surface area (Å²) >= 11 is 2.23. The van der Waals surface area contributed by atoms with Gasteiger partial charge >= 0.3 is 0 Å². The first-order chi connectivity index (χ1) is 7.18. The minimum atomic E-state index is -0.940. The van der Waals surface area contributed by atoms with E-state index in [-0.39, 0.29) is 0 Å². The zero-order chi connectivity index (χ0) is 10.7. The fraction of sp³-hybridized carbons (Fsp3) is 0.538. The third-order valence-electron chi connectivity index (χ3n) is 3.42. The summed E-state index contributed by atoms with van der Waals surface area (Å²) in [5.41, 5.74) is 1.53. The first kappa shape index (κ1) is 11.3. The molecule has 2 heteroatoms. The third kappa shape index (κ3) is 2.88. The third-order valence-corrected chi connectivity index (χ3v) is 10.5. The molecule has 82 valence electrons. The molecule has 0 N–H and O–H groups in total. The highest BCUT2D eigenvalue weighted by Gasteiger charge is 2.34. The zero-order valence-electron chi connectivity index (χ0n) is 9.70. The Hall–Kier alpha value is -0.213. The highest BCUT2D eigenvalue weighted by atomic mass is 32.2. The molecule has 1 heterocycles. The van der Waals surface area contributed by atoms with Gasteiger partial charge in [0, 0.05) is 4.87 Å². The van der Waals surface area contributed by atoms with E-state index in [1.165, 1.54) is 30.2 Å². The van der Waals surface area contributed by atoms with Gasteiger partial charge < -0.3 is 0 Å². The van der Waals surface area contributed by atoms with Crippen molar-refractivity contribution in [2.24, 2.45) is 0 Å². The van der Waals surface area contributed by atoms with E-state index in [0.717, 1.165) is 4.87 Å². The second kappa shape index (κ2) is 4.75. The van der Waals surface area contributed by atoms with Crippen LogP contribution in [-0.2, 0) is 6.42 Å². The van der Waals surface area contributed by atoms with Crippen LogP contribution < -0.4 is 0 Å². The molecule has 1 saturated heterocycles. The van der Waals surface area contributed by atoms with Crippen LogP contribution in [0.4, 0.5) is 0 Å². The van der Waals surface area contributed by atoms with E-state index in [1.807, 2.05) is 0 Å². The van der Waals surface area contributed by atoms with Crippen molar-refractivity contribution >= 4 is 19.8 Å². The minimum Gasteiger partial charge on any atom is -0.161 e. The van der Waals surface area contributed by atoms with Gasteiger partial charge in [-0.1, -0.05) is 49.5 Å². The predicted octanol–water partition coefficient (Wildman–Crippen LogP) is 3.98. The van der Waals surface area contributed by atoms with E-state index in [2.05, 4.69) is 55.2 Å². The van der Waals surface area contributed by atoms with Crippen LogP contribution >= 0.6 is 11.8 Å². The maximum Gasteiger partial charge on any atom is 0.0622 e. The lowest BCUT2D eigenvalue weighted by molar-refractivity contribution is 0.954. The number of benzene rings is 1. The van der Waals surface area contributed by atoms with Crippen LogP contribution in [0, 0.1) is 0 Å². The van der Waals surface area contributed by atoms with Crippen LogP contribution in [0.15, 0.2) is 30.3 Å². The normalized spacial score (nSPS) is 25.1. The Morgan fingerprint density at radius 3 is 2.67 bits per heavy atom. The smallest absolute Gasteiger partial charge is 0.0622 e. The molecule has 2 rings (SSSR count). The molecule has 1 aromatic rings. The molecule has 15 heavy (non-hydrogen) atoms. The molecule has 0 radical (unpaired) electrons. The molecule has 1 aliphatic heterocycles. The number of hydrogen-bond donors (Lipinski definition) is 0. The van der Waals surface area contributed by atoms with Gasteiger partial charge in [-0.3, -0.25) is 0 Å². The van der Waals surface area contributed by atoms with Crippen molar-refractivity contribution in [1.82, 2.24) is 0 Å². The molecule has 0 amide bonds. The fourth-order valence-corrected chi connectivity index (χ4v) is 8.18. The van der Waals surface area contributed by atoms with Crippen molar-refractivity contribution < 1.29 is 0 Å². The average molecular weight is 236 g/mol. The van der Waals surface area contributed by atoms with E-state index in [0.29, 0.717) is 0 Å². The van der Waals surface area contributed by atoms with E-state index in [1.54, 1.807) is 0 Å². The first-order valence-corrected chi connectivity index (χ1v) is 10.2. The lowest BCUT2D eigenvalue weighted by Crippen LogP contribution is -2.43. The topological polar surface area (TPSA) is 0 Å². The lowest BCUT2D eigenvalue weighted by Gasteiger charge is -2.36. The molecule has 1 fully saturated rings. The van der Waals surface area contributed by atoms with E-state index < -0.39 is 8.07 Å². The van der Waals surface area contributed by atoms with Gasteiger partial charge in [0.1, 0.15) is 0 Å². The molecule has 0 aromatic heterocycles. The summed E-state index contributed by atoms with van der Waals surface area (Å²) in [5, 5.41) is 0. The summed E-state index contributed by atoms with van der Waals surface area (Å²) in [6.07, 6.45) is 2.75. The summed E-state index contributed by atoms with van der Waals surface area (Å²) in [7, 11) is -0.940. The Morgan fingerprint density at radius 1 is 1.27 bits per heavy atom. The molecule has 1 unspecified atom stereocenters. The summed E-state index contributed by atoms with van der Waals surface area (Å²) in [5.74, 6) is 1.38. The van der Waals surface area contributed by atoms with Crippen LogP contribution in [0.5, 0.6) is 0 Å². The summed E-state index contributed by atoms with van der Waals surface area (Å²) in [6, 6.07) is 12.5. The molecular formula is C13H20SSi. The van der Waals surface area contributed by atoms with E-state index in [9.17, 15) is 0 Å². The summed E-state index contributed by atoms with van der Waals surface area (Å²) < 4.78 is 0. The van der Waals surface area contributed by atoms with Crippen molar-refractivity contribution in [3.63, 3.8) is 0 Å². The molecule has 0 saturated carbocycles. The molecule has 0 spiro atoms. The second-order valence-corrected chi connectivity index (χ2v) is 12.0. The minimum absolute atomic E-state index is 0.939. The first-order valence-electron chi connectivity index (χ1n) is 5.84. The van der Waals surface area contributed by atoms with Gasteiger partial charge in [-0.25, -0.2) is 0 Å². The zero-order valence-corrected chi connectivity index (χ0v) is 11.5. The lowest BCUT2D eigenvalue weighted by atomic mass is 10.2. The van der Waals surface area contributed by atoms with Gasteiger partial charge in [-0.05, 0) is 24.2 Å². The molecule has 0 bridgehead atoms. The Bertz CT molecular complexity index is 308. The van der Waals surface area contributed by atoms with Crippen LogP contribution in [0.25, 0.3) is 0 Å².